The van der Waals surface area contributed by atoms with Crippen molar-refractivity contribution >= 4 is 40.4 Å². The number of benzene rings is 1. The normalized spacial score (nSPS) is 16.0. The first kappa shape index (κ1) is 24.8. The third-order valence-corrected chi connectivity index (χ3v) is 6.84. The van der Waals surface area contributed by atoms with Crippen LogP contribution in [0.3, 0.4) is 0 Å². The molecule has 1 saturated heterocycles. The SMILES string of the molecule is CCn1c(-c2nc3cc(C(=O)N4CCCC(N)C4)cc(OC)c3n2C)cc2ccc(=O)n(C)c21.Cl. The second-order valence-electron chi connectivity index (χ2n) is 8.98. The lowest BCUT2D eigenvalue weighted by molar-refractivity contribution is 0.0708. The molecule has 0 spiro atoms. The molecule has 9 nitrogen and oxygen atoms in total. The highest BCUT2D eigenvalue weighted by atomic mass is 35.5. The van der Waals surface area contributed by atoms with Gasteiger partial charge in [-0.3, -0.25) is 14.2 Å². The van der Waals surface area contributed by atoms with Crippen molar-refractivity contribution in [1.29, 1.82) is 0 Å². The summed E-state index contributed by atoms with van der Waals surface area (Å²) >= 11 is 0. The number of hydrogen-bond acceptors (Lipinski definition) is 5. The molecule has 0 radical (unpaired) electrons. The molecule has 186 valence electrons. The number of carbonyl (C=O) groups excluding carboxylic acids is 1. The Balaban J connectivity index is 0.00000289. The van der Waals surface area contributed by atoms with E-state index in [1.165, 1.54) is 0 Å². The molecular formula is C25H31ClN6O3. The van der Waals surface area contributed by atoms with E-state index in [-0.39, 0.29) is 29.9 Å². The van der Waals surface area contributed by atoms with E-state index in [1.807, 2.05) is 41.6 Å². The number of ether oxygens (including phenoxy) is 1. The van der Waals surface area contributed by atoms with Gasteiger partial charge in [-0.05, 0) is 44.0 Å². The number of halogens is 1. The summed E-state index contributed by atoms with van der Waals surface area (Å²) in [4.78, 5) is 32.3. The van der Waals surface area contributed by atoms with Crippen LogP contribution in [-0.4, -0.2) is 55.7 Å². The summed E-state index contributed by atoms with van der Waals surface area (Å²) in [5, 5.41) is 0.968. The number of amides is 1. The molecular weight excluding hydrogens is 468 g/mol. The van der Waals surface area contributed by atoms with Crippen molar-refractivity contribution in [3.63, 3.8) is 0 Å². The summed E-state index contributed by atoms with van der Waals surface area (Å²) in [6, 6.07) is 9.10. The Morgan fingerprint density at radius 1 is 1.20 bits per heavy atom. The maximum atomic E-state index is 13.2. The molecule has 1 aliphatic rings. The quantitative estimate of drug-likeness (QED) is 0.466. The first-order chi connectivity index (χ1) is 16.3. The Morgan fingerprint density at radius 3 is 2.66 bits per heavy atom. The number of aryl methyl sites for hydroxylation is 3. The van der Waals surface area contributed by atoms with Gasteiger partial charge in [0.1, 0.15) is 16.9 Å². The van der Waals surface area contributed by atoms with Gasteiger partial charge in [-0.15, -0.1) is 12.4 Å². The highest BCUT2D eigenvalue weighted by Gasteiger charge is 2.25. The minimum atomic E-state index is -0.0564. The van der Waals surface area contributed by atoms with Crippen LogP contribution in [0.2, 0.25) is 0 Å². The average Bonchev–Trinajstić information content (AvgIpc) is 3.38. The molecule has 0 saturated carbocycles. The number of rotatable bonds is 4. The third-order valence-electron chi connectivity index (χ3n) is 6.84. The van der Waals surface area contributed by atoms with Crippen LogP contribution < -0.4 is 16.0 Å². The van der Waals surface area contributed by atoms with Crippen LogP contribution in [-0.2, 0) is 20.6 Å². The van der Waals surface area contributed by atoms with E-state index in [2.05, 4.69) is 4.57 Å². The lowest BCUT2D eigenvalue weighted by Gasteiger charge is -2.30. The van der Waals surface area contributed by atoms with E-state index in [1.54, 1.807) is 30.9 Å². The second-order valence-corrected chi connectivity index (χ2v) is 8.98. The van der Waals surface area contributed by atoms with Gasteiger partial charge in [0.25, 0.3) is 11.5 Å². The second kappa shape index (κ2) is 9.39. The number of nitrogens with two attached hydrogens (primary N) is 1. The Labute approximate surface area is 209 Å². The van der Waals surface area contributed by atoms with Gasteiger partial charge in [0.2, 0.25) is 0 Å². The lowest BCUT2D eigenvalue weighted by atomic mass is 10.0. The summed E-state index contributed by atoms with van der Waals surface area (Å²) in [7, 11) is 5.32. The molecule has 0 bridgehead atoms. The fraction of sp³-hybridized carbons (Fsp3) is 0.400. The minimum absolute atomic E-state index is 0. The highest BCUT2D eigenvalue weighted by Crippen LogP contribution is 2.34. The summed E-state index contributed by atoms with van der Waals surface area (Å²) in [5.41, 5.74) is 9.82. The Morgan fingerprint density at radius 2 is 1.97 bits per heavy atom. The van der Waals surface area contributed by atoms with Crippen LogP contribution in [0.25, 0.3) is 33.6 Å². The molecule has 4 aromatic rings. The standard InChI is InChI=1S/C25H30N6O3.ClH/c1-5-31-19(12-15-8-9-21(32)28(2)24(15)31)23-27-18-11-16(13-20(34-4)22(18)29(23)3)25(33)30-10-6-7-17(26)14-30;/h8-9,11-13,17H,5-7,10,14,26H2,1-4H3;1H. The number of nitrogens with zero attached hydrogens (tertiary/aromatic N) is 5. The Kier molecular flexibility index (Phi) is 6.66. The van der Waals surface area contributed by atoms with Crippen LogP contribution in [0.1, 0.15) is 30.1 Å². The topological polar surface area (TPSA) is 100 Å². The largest absolute Gasteiger partial charge is 0.494 e. The van der Waals surface area contributed by atoms with Crippen molar-refractivity contribution in [2.24, 2.45) is 19.8 Å². The van der Waals surface area contributed by atoms with Crippen molar-refractivity contribution < 1.29 is 9.53 Å². The van der Waals surface area contributed by atoms with Crippen LogP contribution in [0.15, 0.2) is 35.1 Å². The molecule has 35 heavy (non-hydrogen) atoms. The van der Waals surface area contributed by atoms with Crippen molar-refractivity contribution in [1.82, 2.24) is 23.6 Å². The fourth-order valence-electron chi connectivity index (χ4n) is 5.14. The molecule has 1 aliphatic heterocycles. The maximum Gasteiger partial charge on any atom is 0.254 e. The van der Waals surface area contributed by atoms with E-state index >= 15 is 0 Å². The number of carbonyl (C=O) groups is 1. The van der Waals surface area contributed by atoms with Crippen molar-refractivity contribution in [2.45, 2.75) is 32.4 Å². The highest BCUT2D eigenvalue weighted by molar-refractivity contribution is 6.00. The summed E-state index contributed by atoms with van der Waals surface area (Å²) < 4.78 is 11.4. The van der Waals surface area contributed by atoms with Gasteiger partial charge in [0, 0.05) is 56.8 Å². The number of fused-ring (bicyclic) bond motifs is 2. The summed E-state index contributed by atoms with van der Waals surface area (Å²) in [5.74, 6) is 1.28. The molecule has 1 fully saturated rings. The number of aromatic nitrogens is 4. The van der Waals surface area contributed by atoms with Crippen molar-refractivity contribution in [3.8, 4) is 17.3 Å². The van der Waals surface area contributed by atoms with E-state index in [9.17, 15) is 9.59 Å². The van der Waals surface area contributed by atoms with Crippen LogP contribution in [0.4, 0.5) is 0 Å². The molecule has 2 N–H and O–H groups in total. The van der Waals surface area contributed by atoms with Gasteiger partial charge in [0.15, 0.2) is 5.82 Å². The fourth-order valence-corrected chi connectivity index (χ4v) is 5.14. The van der Waals surface area contributed by atoms with Crippen molar-refractivity contribution in [3.05, 3.63) is 46.2 Å². The molecule has 0 aliphatic carbocycles. The van der Waals surface area contributed by atoms with Gasteiger partial charge in [0.05, 0.1) is 18.3 Å². The molecule has 10 heteroatoms. The van der Waals surface area contributed by atoms with E-state index in [4.69, 9.17) is 15.5 Å². The Bertz CT molecular complexity index is 1480. The summed E-state index contributed by atoms with van der Waals surface area (Å²) in [6.45, 7) is 3.98. The zero-order chi connectivity index (χ0) is 24.1. The molecule has 1 aromatic carbocycles. The Hall–Kier alpha value is -3.30. The monoisotopic (exact) mass is 498 g/mol. The number of imidazole rings is 1. The number of likely N-dealkylation sites (tertiary alicyclic amines) is 1. The molecule has 3 aromatic heterocycles. The van der Waals surface area contributed by atoms with Crippen LogP contribution in [0, 0.1) is 0 Å². The van der Waals surface area contributed by atoms with Gasteiger partial charge in [-0.1, -0.05) is 0 Å². The van der Waals surface area contributed by atoms with Gasteiger partial charge >= 0.3 is 0 Å². The van der Waals surface area contributed by atoms with Crippen LogP contribution in [0.5, 0.6) is 5.75 Å². The third kappa shape index (κ3) is 3.98. The molecule has 1 amide bonds. The number of piperidine rings is 1. The van der Waals surface area contributed by atoms with Crippen molar-refractivity contribution in [2.75, 3.05) is 20.2 Å². The zero-order valence-electron chi connectivity index (χ0n) is 20.4. The number of methoxy groups -OCH3 is 1. The first-order valence-corrected chi connectivity index (χ1v) is 11.6. The number of hydrogen-bond donors (Lipinski definition) is 1. The van der Waals surface area contributed by atoms with Crippen LogP contribution >= 0.6 is 12.4 Å². The lowest BCUT2D eigenvalue weighted by Crippen LogP contribution is -2.45. The molecule has 4 heterocycles. The molecule has 1 atom stereocenters. The predicted molar refractivity (Wildman–Crippen MR) is 139 cm³/mol. The van der Waals surface area contributed by atoms with E-state index in [0.29, 0.717) is 36.5 Å². The summed E-state index contributed by atoms with van der Waals surface area (Å²) in [6.07, 6.45) is 1.84. The zero-order valence-corrected chi connectivity index (χ0v) is 21.3. The van der Waals surface area contributed by atoms with Gasteiger partial charge < -0.3 is 24.5 Å². The van der Waals surface area contributed by atoms with Gasteiger partial charge in [-0.2, -0.15) is 0 Å². The van der Waals surface area contributed by atoms with E-state index < -0.39 is 0 Å². The maximum absolute atomic E-state index is 13.2. The molecule has 5 rings (SSSR count). The molecule has 1 unspecified atom stereocenters. The number of pyridine rings is 1. The smallest absolute Gasteiger partial charge is 0.254 e. The predicted octanol–water partition coefficient (Wildman–Crippen LogP) is 2.91. The van der Waals surface area contributed by atoms with Gasteiger partial charge in [-0.25, -0.2) is 4.98 Å². The average molecular weight is 499 g/mol. The van der Waals surface area contributed by atoms with E-state index in [0.717, 1.165) is 40.9 Å². The minimum Gasteiger partial charge on any atom is -0.494 e. The first-order valence-electron chi connectivity index (χ1n) is 11.6.